The van der Waals surface area contributed by atoms with Crippen LogP contribution in [0.2, 0.25) is 0 Å². The second-order valence-corrected chi connectivity index (χ2v) is 4.29. The van der Waals surface area contributed by atoms with Crippen LogP contribution in [0.15, 0.2) is 0 Å². The number of nitrogens with one attached hydrogen (secondary N) is 1. The summed E-state index contributed by atoms with van der Waals surface area (Å²) >= 11 is 1.99. The predicted octanol–water partition coefficient (Wildman–Crippen LogP) is 1.75. The molecule has 0 aliphatic heterocycles. The zero-order chi connectivity index (χ0) is 9.23. The lowest BCUT2D eigenvalue weighted by molar-refractivity contribution is 0.200. The van der Waals surface area contributed by atoms with E-state index in [-0.39, 0.29) is 0 Å². The van der Waals surface area contributed by atoms with Gasteiger partial charge >= 0.3 is 0 Å². The van der Waals surface area contributed by atoms with Crippen LogP contribution in [0, 0.1) is 0 Å². The van der Waals surface area contributed by atoms with Crippen molar-refractivity contribution in [2.45, 2.75) is 26.3 Å². The fourth-order valence-corrected chi connectivity index (χ4v) is 1.62. The van der Waals surface area contributed by atoms with E-state index in [2.05, 4.69) is 19.2 Å². The molecule has 0 spiro atoms. The van der Waals surface area contributed by atoms with E-state index in [0.717, 1.165) is 13.2 Å². The standard InChI is InChI=1S/C9H21NOS/c1-9(2)10-5-8-12-7-4-6-11-3/h9-10H,4-8H2,1-3H3. The maximum Gasteiger partial charge on any atom is 0.0470 e. The second kappa shape index (κ2) is 9.36. The average Bonchev–Trinajstić information content (AvgIpc) is 2.02. The number of rotatable bonds is 8. The van der Waals surface area contributed by atoms with E-state index in [1.54, 1.807) is 7.11 Å². The molecule has 0 aliphatic carbocycles. The Hall–Kier alpha value is 0.270. The van der Waals surface area contributed by atoms with Crippen LogP contribution in [0.1, 0.15) is 20.3 Å². The van der Waals surface area contributed by atoms with Crippen LogP contribution < -0.4 is 5.32 Å². The van der Waals surface area contributed by atoms with Crippen molar-refractivity contribution in [1.29, 1.82) is 0 Å². The van der Waals surface area contributed by atoms with Gasteiger partial charge in [0.05, 0.1) is 0 Å². The number of ether oxygens (including phenoxy) is 1. The fraction of sp³-hybridized carbons (Fsp3) is 1.00. The van der Waals surface area contributed by atoms with Crippen molar-refractivity contribution in [2.24, 2.45) is 0 Å². The Balaban J connectivity index is 2.82. The molecule has 0 saturated carbocycles. The van der Waals surface area contributed by atoms with Crippen molar-refractivity contribution < 1.29 is 4.74 Å². The molecule has 0 fully saturated rings. The third-order valence-corrected chi connectivity index (χ3v) is 2.51. The molecule has 0 aromatic rings. The summed E-state index contributed by atoms with van der Waals surface area (Å²) in [5.74, 6) is 2.43. The van der Waals surface area contributed by atoms with Gasteiger partial charge < -0.3 is 10.1 Å². The molecule has 12 heavy (non-hydrogen) atoms. The quantitative estimate of drug-likeness (QED) is 0.591. The summed E-state index contributed by atoms with van der Waals surface area (Å²) in [4.78, 5) is 0. The molecule has 0 aliphatic rings. The van der Waals surface area contributed by atoms with Crippen molar-refractivity contribution >= 4 is 11.8 Å². The predicted molar refractivity (Wildman–Crippen MR) is 57.0 cm³/mol. The molecule has 0 atom stereocenters. The third kappa shape index (κ3) is 10.3. The van der Waals surface area contributed by atoms with Crippen LogP contribution in [0.3, 0.4) is 0 Å². The molecular weight excluding hydrogens is 170 g/mol. The molecule has 1 N–H and O–H groups in total. The smallest absolute Gasteiger partial charge is 0.0470 e. The van der Waals surface area contributed by atoms with Gasteiger partial charge in [0, 0.05) is 32.1 Å². The van der Waals surface area contributed by atoms with Crippen molar-refractivity contribution in [3.05, 3.63) is 0 Å². The third-order valence-electron chi connectivity index (χ3n) is 1.44. The highest BCUT2D eigenvalue weighted by atomic mass is 32.2. The molecular formula is C9H21NOS. The van der Waals surface area contributed by atoms with Gasteiger partial charge in [-0.3, -0.25) is 0 Å². The Morgan fingerprint density at radius 3 is 2.67 bits per heavy atom. The zero-order valence-corrected chi connectivity index (χ0v) is 9.25. The number of hydrogen-bond acceptors (Lipinski definition) is 3. The first-order chi connectivity index (χ1) is 5.77. The van der Waals surface area contributed by atoms with E-state index in [4.69, 9.17) is 4.74 Å². The summed E-state index contributed by atoms with van der Waals surface area (Å²) in [7, 11) is 1.75. The zero-order valence-electron chi connectivity index (χ0n) is 8.43. The maximum atomic E-state index is 4.96. The minimum absolute atomic E-state index is 0.615. The topological polar surface area (TPSA) is 21.3 Å². The van der Waals surface area contributed by atoms with E-state index in [9.17, 15) is 0 Å². The van der Waals surface area contributed by atoms with Gasteiger partial charge in [-0.15, -0.1) is 0 Å². The highest BCUT2D eigenvalue weighted by Crippen LogP contribution is 2.00. The molecule has 0 saturated heterocycles. The fourth-order valence-electron chi connectivity index (χ4n) is 0.827. The van der Waals surface area contributed by atoms with E-state index in [1.807, 2.05) is 11.8 Å². The summed E-state index contributed by atoms with van der Waals surface area (Å²) in [6.45, 7) is 6.37. The van der Waals surface area contributed by atoms with Gasteiger partial charge in [0.2, 0.25) is 0 Å². The van der Waals surface area contributed by atoms with Gasteiger partial charge in [-0.25, -0.2) is 0 Å². The van der Waals surface area contributed by atoms with Gasteiger partial charge in [0.15, 0.2) is 0 Å². The average molecular weight is 191 g/mol. The summed E-state index contributed by atoms with van der Waals surface area (Å²) in [5, 5.41) is 3.38. The van der Waals surface area contributed by atoms with Crippen LogP contribution >= 0.6 is 11.8 Å². The highest BCUT2D eigenvalue weighted by molar-refractivity contribution is 7.99. The molecule has 0 aromatic heterocycles. The molecule has 0 heterocycles. The van der Waals surface area contributed by atoms with Crippen molar-refractivity contribution in [3.63, 3.8) is 0 Å². The molecule has 3 heteroatoms. The lowest BCUT2D eigenvalue weighted by atomic mass is 10.4. The van der Waals surface area contributed by atoms with Crippen LogP contribution in [-0.4, -0.2) is 37.8 Å². The Kier molecular flexibility index (Phi) is 9.57. The molecule has 0 radical (unpaired) electrons. The van der Waals surface area contributed by atoms with Crippen LogP contribution in [0.5, 0.6) is 0 Å². The Morgan fingerprint density at radius 1 is 1.33 bits per heavy atom. The van der Waals surface area contributed by atoms with Crippen molar-refractivity contribution in [1.82, 2.24) is 5.32 Å². The van der Waals surface area contributed by atoms with Crippen LogP contribution in [-0.2, 0) is 4.74 Å². The monoisotopic (exact) mass is 191 g/mol. The summed E-state index contributed by atoms with van der Waals surface area (Å²) < 4.78 is 4.96. The summed E-state index contributed by atoms with van der Waals surface area (Å²) in [5.41, 5.74) is 0. The number of thioether (sulfide) groups is 1. The van der Waals surface area contributed by atoms with E-state index < -0.39 is 0 Å². The summed E-state index contributed by atoms with van der Waals surface area (Å²) in [6.07, 6.45) is 1.17. The SMILES string of the molecule is COCCCSCCNC(C)C. The minimum atomic E-state index is 0.615. The molecule has 0 rings (SSSR count). The molecule has 74 valence electrons. The van der Waals surface area contributed by atoms with Crippen LogP contribution in [0.25, 0.3) is 0 Å². The largest absolute Gasteiger partial charge is 0.385 e. The van der Waals surface area contributed by atoms with Gasteiger partial charge in [0.1, 0.15) is 0 Å². The Morgan fingerprint density at radius 2 is 2.08 bits per heavy atom. The first kappa shape index (κ1) is 12.3. The maximum absolute atomic E-state index is 4.96. The second-order valence-electron chi connectivity index (χ2n) is 3.07. The molecule has 0 bridgehead atoms. The van der Waals surface area contributed by atoms with E-state index in [1.165, 1.54) is 17.9 Å². The van der Waals surface area contributed by atoms with Crippen LogP contribution in [0.4, 0.5) is 0 Å². The number of hydrogen-bond donors (Lipinski definition) is 1. The molecule has 0 aromatic carbocycles. The Bertz CT molecular complexity index is 88.6. The van der Waals surface area contributed by atoms with Crippen molar-refractivity contribution in [2.75, 3.05) is 31.8 Å². The van der Waals surface area contributed by atoms with Gasteiger partial charge in [-0.05, 0) is 12.2 Å². The Labute approximate surface area is 80.4 Å². The molecule has 0 unspecified atom stereocenters. The minimum Gasteiger partial charge on any atom is -0.385 e. The number of methoxy groups -OCH3 is 1. The lowest BCUT2D eigenvalue weighted by Crippen LogP contribution is -2.25. The van der Waals surface area contributed by atoms with Gasteiger partial charge in [-0.1, -0.05) is 13.8 Å². The first-order valence-electron chi connectivity index (χ1n) is 4.57. The van der Waals surface area contributed by atoms with Gasteiger partial charge in [0.25, 0.3) is 0 Å². The molecule has 0 amide bonds. The highest BCUT2D eigenvalue weighted by Gasteiger charge is 1.92. The lowest BCUT2D eigenvalue weighted by Gasteiger charge is -2.06. The summed E-state index contributed by atoms with van der Waals surface area (Å²) in [6, 6.07) is 0.615. The van der Waals surface area contributed by atoms with Crippen molar-refractivity contribution in [3.8, 4) is 0 Å². The molecule has 2 nitrogen and oxygen atoms in total. The van der Waals surface area contributed by atoms with E-state index in [0.29, 0.717) is 6.04 Å². The first-order valence-corrected chi connectivity index (χ1v) is 5.73. The van der Waals surface area contributed by atoms with Gasteiger partial charge in [-0.2, -0.15) is 11.8 Å². The van der Waals surface area contributed by atoms with E-state index >= 15 is 0 Å². The normalized spacial score (nSPS) is 11.0.